The molecule has 2 N–H and O–H groups in total. The van der Waals surface area contributed by atoms with Gasteiger partial charge in [0.05, 0.1) is 0 Å². The van der Waals surface area contributed by atoms with Crippen LogP contribution < -0.4 is 5.73 Å². The summed E-state index contributed by atoms with van der Waals surface area (Å²) in [6, 6.07) is 0.368. The van der Waals surface area contributed by atoms with Crippen LogP contribution in [0.2, 0.25) is 0 Å². The fourth-order valence-electron chi connectivity index (χ4n) is 1.63. The first-order valence-corrected chi connectivity index (χ1v) is 6.29. The summed E-state index contributed by atoms with van der Waals surface area (Å²) in [5.74, 6) is 0. The zero-order chi connectivity index (χ0) is 11.7. The van der Waals surface area contributed by atoms with Crippen molar-refractivity contribution >= 4 is 0 Å². The van der Waals surface area contributed by atoms with Crippen LogP contribution in [0.15, 0.2) is 0 Å². The highest BCUT2D eigenvalue weighted by molar-refractivity contribution is 4.66. The van der Waals surface area contributed by atoms with Gasteiger partial charge >= 0.3 is 0 Å². The number of rotatable bonds is 8. The molecule has 0 spiro atoms. The van der Waals surface area contributed by atoms with E-state index >= 15 is 0 Å². The Labute approximate surface area is 95.6 Å². The van der Waals surface area contributed by atoms with Crippen molar-refractivity contribution in [2.75, 3.05) is 13.2 Å². The Morgan fingerprint density at radius 1 is 1.13 bits per heavy atom. The normalized spacial score (nSPS) is 14.2. The molecule has 92 valence electrons. The smallest absolute Gasteiger partial charge is 0.0466 e. The Bertz CT molecular complexity index is 140. The van der Waals surface area contributed by atoms with Crippen LogP contribution in [0.1, 0.15) is 59.8 Å². The Balaban J connectivity index is 3.29. The Morgan fingerprint density at radius 2 is 1.73 bits per heavy atom. The third kappa shape index (κ3) is 11.8. The van der Waals surface area contributed by atoms with Crippen molar-refractivity contribution in [1.29, 1.82) is 0 Å². The Morgan fingerprint density at radius 3 is 2.27 bits per heavy atom. The van der Waals surface area contributed by atoms with Gasteiger partial charge < -0.3 is 10.5 Å². The van der Waals surface area contributed by atoms with E-state index in [0.717, 1.165) is 32.5 Å². The third-order valence-corrected chi connectivity index (χ3v) is 2.57. The quantitative estimate of drug-likeness (QED) is 0.630. The monoisotopic (exact) mass is 215 g/mol. The maximum absolute atomic E-state index is 6.03. The van der Waals surface area contributed by atoms with E-state index < -0.39 is 0 Å². The summed E-state index contributed by atoms with van der Waals surface area (Å²) in [6.07, 6.45) is 5.88. The molecular weight excluding hydrogens is 186 g/mol. The molecule has 0 fully saturated rings. The average molecular weight is 215 g/mol. The SMILES string of the molecule is CCOCCCC(N)CCCC(C)(C)C. The van der Waals surface area contributed by atoms with Gasteiger partial charge in [-0.25, -0.2) is 0 Å². The standard InChI is InChI=1S/C13H29NO/c1-5-15-11-7-9-12(14)8-6-10-13(2,3)4/h12H,5-11,14H2,1-4H3. The largest absolute Gasteiger partial charge is 0.382 e. The maximum Gasteiger partial charge on any atom is 0.0466 e. The number of hydrogen-bond acceptors (Lipinski definition) is 2. The number of hydrogen-bond donors (Lipinski definition) is 1. The van der Waals surface area contributed by atoms with Gasteiger partial charge in [0.15, 0.2) is 0 Å². The molecule has 0 bridgehead atoms. The third-order valence-electron chi connectivity index (χ3n) is 2.57. The molecule has 0 saturated carbocycles. The molecule has 0 amide bonds. The van der Waals surface area contributed by atoms with E-state index in [2.05, 4.69) is 20.8 Å². The molecule has 0 aromatic rings. The van der Waals surface area contributed by atoms with Gasteiger partial charge in [-0.05, 0) is 38.0 Å². The predicted molar refractivity (Wildman–Crippen MR) is 67.0 cm³/mol. The second-order valence-electron chi connectivity index (χ2n) is 5.55. The van der Waals surface area contributed by atoms with E-state index in [4.69, 9.17) is 10.5 Å². The summed E-state index contributed by atoms with van der Waals surface area (Å²) in [6.45, 7) is 10.6. The predicted octanol–water partition coefficient (Wildman–Crippen LogP) is 3.35. The van der Waals surface area contributed by atoms with Crippen LogP contribution >= 0.6 is 0 Å². The molecule has 15 heavy (non-hydrogen) atoms. The Kier molecular flexibility index (Phi) is 8.07. The van der Waals surface area contributed by atoms with Crippen LogP contribution in [-0.2, 0) is 4.74 Å². The van der Waals surface area contributed by atoms with Crippen LogP contribution in [0.4, 0.5) is 0 Å². The Hall–Kier alpha value is -0.0800. The summed E-state index contributed by atoms with van der Waals surface area (Å²) >= 11 is 0. The first-order valence-electron chi connectivity index (χ1n) is 6.29. The lowest BCUT2D eigenvalue weighted by Gasteiger charge is -2.19. The van der Waals surface area contributed by atoms with Crippen molar-refractivity contribution < 1.29 is 4.74 Å². The molecule has 0 aliphatic heterocycles. The summed E-state index contributed by atoms with van der Waals surface area (Å²) in [4.78, 5) is 0. The molecule has 1 atom stereocenters. The molecule has 0 aromatic carbocycles. The van der Waals surface area contributed by atoms with Crippen LogP contribution in [-0.4, -0.2) is 19.3 Å². The van der Waals surface area contributed by atoms with Crippen molar-refractivity contribution in [3.63, 3.8) is 0 Å². The molecule has 0 heterocycles. The molecular formula is C13H29NO. The molecule has 2 nitrogen and oxygen atoms in total. The fourth-order valence-corrected chi connectivity index (χ4v) is 1.63. The van der Waals surface area contributed by atoms with Gasteiger partial charge in [0.2, 0.25) is 0 Å². The minimum absolute atomic E-state index is 0.368. The first kappa shape index (κ1) is 14.9. The van der Waals surface area contributed by atoms with Gasteiger partial charge in [0, 0.05) is 19.3 Å². The van der Waals surface area contributed by atoms with Gasteiger partial charge in [-0.1, -0.05) is 27.2 Å². The summed E-state index contributed by atoms with van der Waals surface area (Å²) in [5.41, 5.74) is 6.48. The second kappa shape index (κ2) is 8.12. The summed E-state index contributed by atoms with van der Waals surface area (Å²) in [7, 11) is 0. The lowest BCUT2D eigenvalue weighted by molar-refractivity contribution is 0.141. The maximum atomic E-state index is 6.03. The van der Waals surface area contributed by atoms with Crippen LogP contribution in [0, 0.1) is 5.41 Å². The van der Waals surface area contributed by atoms with Gasteiger partial charge in [-0.15, -0.1) is 0 Å². The van der Waals surface area contributed by atoms with E-state index in [0.29, 0.717) is 11.5 Å². The molecule has 0 aliphatic carbocycles. The van der Waals surface area contributed by atoms with Gasteiger partial charge in [0.25, 0.3) is 0 Å². The number of ether oxygens (including phenoxy) is 1. The zero-order valence-electron chi connectivity index (χ0n) is 11.0. The highest BCUT2D eigenvalue weighted by Gasteiger charge is 2.10. The summed E-state index contributed by atoms with van der Waals surface area (Å²) < 4.78 is 5.29. The lowest BCUT2D eigenvalue weighted by Crippen LogP contribution is -2.21. The topological polar surface area (TPSA) is 35.2 Å². The first-order chi connectivity index (χ1) is 6.95. The molecule has 2 heteroatoms. The second-order valence-corrected chi connectivity index (χ2v) is 5.55. The fraction of sp³-hybridized carbons (Fsp3) is 1.00. The molecule has 0 aromatic heterocycles. The van der Waals surface area contributed by atoms with E-state index in [1.54, 1.807) is 0 Å². The lowest BCUT2D eigenvalue weighted by atomic mass is 9.88. The van der Waals surface area contributed by atoms with Gasteiger partial charge in [0.1, 0.15) is 0 Å². The minimum Gasteiger partial charge on any atom is -0.382 e. The molecule has 0 saturated heterocycles. The molecule has 0 rings (SSSR count). The van der Waals surface area contributed by atoms with Crippen molar-refractivity contribution in [2.24, 2.45) is 11.1 Å². The molecule has 1 unspecified atom stereocenters. The van der Waals surface area contributed by atoms with Crippen molar-refractivity contribution in [2.45, 2.75) is 65.8 Å². The minimum atomic E-state index is 0.368. The van der Waals surface area contributed by atoms with Crippen molar-refractivity contribution in [3.05, 3.63) is 0 Å². The highest BCUT2D eigenvalue weighted by atomic mass is 16.5. The van der Waals surface area contributed by atoms with E-state index in [1.807, 2.05) is 6.92 Å². The van der Waals surface area contributed by atoms with Gasteiger partial charge in [-0.2, -0.15) is 0 Å². The van der Waals surface area contributed by atoms with E-state index in [9.17, 15) is 0 Å². The van der Waals surface area contributed by atoms with E-state index in [1.165, 1.54) is 12.8 Å². The van der Waals surface area contributed by atoms with Crippen LogP contribution in [0.5, 0.6) is 0 Å². The molecule has 0 aliphatic rings. The molecule has 0 radical (unpaired) electrons. The average Bonchev–Trinajstić information content (AvgIpc) is 2.10. The van der Waals surface area contributed by atoms with Crippen molar-refractivity contribution in [1.82, 2.24) is 0 Å². The number of nitrogens with two attached hydrogens (primary N) is 1. The summed E-state index contributed by atoms with van der Waals surface area (Å²) in [5, 5.41) is 0. The van der Waals surface area contributed by atoms with Crippen molar-refractivity contribution in [3.8, 4) is 0 Å². The van der Waals surface area contributed by atoms with Crippen LogP contribution in [0.3, 0.4) is 0 Å². The van der Waals surface area contributed by atoms with E-state index in [-0.39, 0.29) is 0 Å². The van der Waals surface area contributed by atoms with Crippen LogP contribution in [0.25, 0.3) is 0 Å². The zero-order valence-corrected chi connectivity index (χ0v) is 11.0. The van der Waals surface area contributed by atoms with Gasteiger partial charge in [-0.3, -0.25) is 0 Å². The highest BCUT2D eigenvalue weighted by Crippen LogP contribution is 2.22.